The van der Waals surface area contributed by atoms with Crippen LogP contribution >= 0.6 is 22.9 Å². The van der Waals surface area contributed by atoms with Gasteiger partial charge in [0, 0.05) is 12.2 Å². The summed E-state index contributed by atoms with van der Waals surface area (Å²) in [6, 6.07) is 9.11. The summed E-state index contributed by atoms with van der Waals surface area (Å²) < 4.78 is 0. The number of amides is 1. The number of carbonyl (C=O) groups excluding carboxylic acids is 1. The highest BCUT2D eigenvalue weighted by molar-refractivity contribution is 7.12. The Morgan fingerprint density at radius 2 is 2.22 bits per heavy atom. The van der Waals surface area contributed by atoms with Crippen molar-refractivity contribution in [2.45, 2.75) is 6.92 Å². The summed E-state index contributed by atoms with van der Waals surface area (Å²) in [6.07, 6.45) is 0. The van der Waals surface area contributed by atoms with E-state index in [0.29, 0.717) is 15.6 Å². The summed E-state index contributed by atoms with van der Waals surface area (Å²) in [5.74, 6) is -0.136. The first kappa shape index (κ1) is 12.9. The first-order valence-electron chi connectivity index (χ1n) is 5.59. The third-order valence-electron chi connectivity index (χ3n) is 2.34. The van der Waals surface area contributed by atoms with Crippen LogP contribution in [0.5, 0.6) is 0 Å². The van der Waals surface area contributed by atoms with Gasteiger partial charge < -0.3 is 10.6 Å². The van der Waals surface area contributed by atoms with Crippen LogP contribution in [0.2, 0.25) is 5.02 Å². The molecule has 5 heteroatoms. The molecule has 1 aromatic heterocycles. The van der Waals surface area contributed by atoms with Gasteiger partial charge in [0.2, 0.25) is 0 Å². The summed E-state index contributed by atoms with van der Waals surface area (Å²) in [6.45, 7) is 2.84. The van der Waals surface area contributed by atoms with Crippen molar-refractivity contribution >= 4 is 40.2 Å². The van der Waals surface area contributed by atoms with Crippen molar-refractivity contribution in [2.24, 2.45) is 0 Å². The summed E-state index contributed by atoms with van der Waals surface area (Å²) in [5, 5.41) is 8.35. The molecule has 18 heavy (non-hydrogen) atoms. The van der Waals surface area contributed by atoms with Crippen molar-refractivity contribution in [3.8, 4) is 0 Å². The number of carbonyl (C=O) groups is 1. The first-order chi connectivity index (χ1) is 8.70. The highest BCUT2D eigenvalue weighted by Crippen LogP contribution is 2.26. The van der Waals surface area contributed by atoms with Crippen LogP contribution in [0.1, 0.15) is 16.6 Å². The molecular weight excluding hydrogens is 268 g/mol. The van der Waals surface area contributed by atoms with E-state index in [-0.39, 0.29) is 5.91 Å². The lowest BCUT2D eigenvalue weighted by atomic mass is 10.2. The molecule has 0 aliphatic rings. The molecule has 1 amide bonds. The van der Waals surface area contributed by atoms with Crippen molar-refractivity contribution in [1.29, 1.82) is 0 Å². The van der Waals surface area contributed by atoms with Gasteiger partial charge in [-0.3, -0.25) is 4.79 Å². The Kier molecular flexibility index (Phi) is 4.23. The fraction of sp³-hybridized carbons (Fsp3) is 0.154. The zero-order chi connectivity index (χ0) is 13.0. The number of anilines is 2. The molecule has 0 bridgehead atoms. The smallest absolute Gasteiger partial charge is 0.265 e. The molecule has 0 saturated heterocycles. The maximum atomic E-state index is 11.9. The molecule has 0 aliphatic carbocycles. The van der Waals surface area contributed by atoms with E-state index in [0.717, 1.165) is 12.2 Å². The normalized spacial score (nSPS) is 10.1. The molecule has 1 heterocycles. The highest BCUT2D eigenvalue weighted by Gasteiger charge is 2.09. The average molecular weight is 281 g/mol. The largest absolute Gasteiger partial charge is 0.385 e. The molecule has 3 nitrogen and oxygen atoms in total. The van der Waals surface area contributed by atoms with E-state index < -0.39 is 0 Å². The molecule has 0 unspecified atom stereocenters. The molecule has 0 atom stereocenters. The molecule has 0 saturated carbocycles. The Morgan fingerprint density at radius 1 is 1.39 bits per heavy atom. The minimum absolute atomic E-state index is 0.136. The summed E-state index contributed by atoms with van der Waals surface area (Å²) in [4.78, 5) is 12.5. The van der Waals surface area contributed by atoms with Gasteiger partial charge in [-0.25, -0.2) is 0 Å². The number of rotatable bonds is 4. The van der Waals surface area contributed by atoms with Gasteiger partial charge in [0.15, 0.2) is 0 Å². The Hall–Kier alpha value is -1.52. The molecular formula is C13H13ClN2OS. The van der Waals surface area contributed by atoms with Crippen LogP contribution in [-0.2, 0) is 0 Å². The number of hydrogen-bond donors (Lipinski definition) is 2. The molecule has 2 aromatic rings. The molecule has 0 fully saturated rings. The van der Waals surface area contributed by atoms with Crippen molar-refractivity contribution in [1.82, 2.24) is 0 Å². The van der Waals surface area contributed by atoms with Crippen LogP contribution < -0.4 is 10.6 Å². The minimum Gasteiger partial charge on any atom is -0.385 e. The zero-order valence-corrected chi connectivity index (χ0v) is 11.4. The molecule has 0 spiro atoms. The predicted octanol–water partition coefficient (Wildman–Crippen LogP) is 4.09. The number of benzene rings is 1. The fourth-order valence-corrected chi connectivity index (χ4v) is 2.37. The monoisotopic (exact) mass is 280 g/mol. The molecule has 2 N–H and O–H groups in total. The highest BCUT2D eigenvalue weighted by atomic mass is 35.5. The third-order valence-corrected chi connectivity index (χ3v) is 3.52. The first-order valence-corrected chi connectivity index (χ1v) is 6.84. The van der Waals surface area contributed by atoms with E-state index in [1.54, 1.807) is 18.2 Å². The Balaban J connectivity index is 2.12. The van der Waals surface area contributed by atoms with Crippen LogP contribution in [0.25, 0.3) is 0 Å². The van der Waals surface area contributed by atoms with E-state index >= 15 is 0 Å². The summed E-state index contributed by atoms with van der Waals surface area (Å²) in [5.41, 5.74) is 1.56. The van der Waals surface area contributed by atoms with Crippen LogP contribution in [0, 0.1) is 0 Å². The Morgan fingerprint density at radius 3 is 2.83 bits per heavy atom. The van der Waals surface area contributed by atoms with Gasteiger partial charge in [0.25, 0.3) is 5.91 Å². The van der Waals surface area contributed by atoms with Gasteiger partial charge in [-0.1, -0.05) is 17.7 Å². The quantitative estimate of drug-likeness (QED) is 0.886. The summed E-state index contributed by atoms with van der Waals surface area (Å²) >= 11 is 7.52. The Labute approximate surface area is 115 Å². The second-order valence-electron chi connectivity index (χ2n) is 3.66. The van der Waals surface area contributed by atoms with Crippen LogP contribution in [-0.4, -0.2) is 12.5 Å². The summed E-state index contributed by atoms with van der Waals surface area (Å²) in [7, 11) is 0. The SMILES string of the molecule is CCNc1ccc(NC(=O)c2cccs2)c(Cl)c1. The van der Waals surface area contributed by atoms with Gasteiger partial charge in [-0.2, -0.15) is 0 Å². The third kappa shape index (κ3) is 3.03. The molecule has 1 aromatic carbocycles. The average Bonchev–Trinajstić information content (AvgIpc) is 2.86. The van der Waals surface area contributed by atoms with E-state index in [1.807, 2.05) is 24.4 Å². The fourth-order valence-electron chi connectivity index (χ4n) is 1.52. The van der Waals surface area contributed by atoms with Crippen LogP contribution in [0.4, 0.5) is 11.4 Å². The second-order valence-corrected chi connectivity index (χ2v) is 5.01. The number of nitrogens with one attached hydrogen (secondary N) is 2. The van der Waals surface area contributed by atoms with Gasteiger partial charge >= 0.3 is 0 Å². The van der Waals surface area contributed by atoms with Crippen molar-refractivity contribution in [3.63, 3.8) is 0 Å². The topological polar surface area (TPSA) is 41.1 Å². The van der Waals surface area contributed by atoms with Gasteiger partial charge in [0.1, 0.15) is 0 Å². The van der Waals surface area contributed by atoms with E-state index in [9.17, 15) is 4.79 Å². The molecule has 94 valence electrons. The lowest BCUT2D eigenvalue weighted by Gasteiger charge is -2.09. The molecule has 2 rings (SSSR count). The zero-order valence-electron chi connectivity index (χ0n) is 9.87. The lowest BCUT2D eigenvalue weighted by molar-refractivity contribution is 0.103. The van der Waals surface area contributed by atoms with Gasteiger partial charge in [0.05, 0.1) is 15.6 Å². The molecule has 0 aliphatic heterocycles. The van der Waals surface area contributed by atoms with Gasteiger partial charge in [-0.15, -0.1) is 11.3 Å². The minimum atomic E-state index is -0.136. The van der Waals surface area contributed by atoms with Crippen molar-refractivity contribution in [3.05, 3.63) is 45.6 Å². The standard InChI is InChI=1S/C13H13ClN2OS/c1-2-15-9-5-6-11(10(14)8-9)16-13(17)12-4-3-7-18-12/h3-8,15H,2H2,1H3,(H,16,17). The maximum absolute atomic E-state index is 11.9. The van der Waals surface area contributed by atoms with E-state index in [1.165, 1.54) is 11.3 Å². The second kappa shape index (κ2) is 5.89. The van der Waals surface area contributed by atoms with Crippen LogP contribution in [0.3, 0.4) is 0 Å². The predicted molar refractivity (Wildman–Crippen MR) is 77.9 cm³/mol. The maximum Gasteiger partial charge on any atom is 0.265 e. The van der Waals surface area contributed by atoms with Gasteiger partial charge in [-0.05, 0) is 36.6 Å². The molecule has 0 radical (unpaired) electrons. The van der Waals surface area contributed by atoms with Crippen molar-refractivity contribution in [2.75, 3.05) is 17.2 Å². The van der Waals surface area contributed by atoms with E-state index in [4.69, 9.17) is 11.6 Å². The number of thiophene rings is 1. The van der Waals surface area contributed by atoms with E-state index in [2.05, 4.69) is 10.6 Å². The van der Waals surface area contributed by atoms with Crippen LogP contribution in [0.15, 0.2) is 35.7 Å². The Bertz CT molecular complexity index is 540. The number of halogens is 1. The number of hydrogen-bond acceptors (Lipinski definition) is 3. The van der Waals surface area contributed by atoms with Crippen molar-refractivity contribution < 1.29 is 4.79 Å². The lowest BCUT2D eigenvalue weighted by Crippen LogP contribution is -2.10.